The fraction of sp³-hybridized carbons (Fsp3) is 0.158. The lowest BCUT2D eigenvalue weighted by Gasteiger charge is -2.11. The molecule has 0 aliphatic rings. The lowest BCUT2D eigenvalue weighted by molar-refractivity contribution is 0.145. The van der Waals surface area contributed by atoms with Crippen LogP contribution in [0, 0.1) is 29.9 Å². The van der Waals surface area contributed by atoms with Crippen molar-refractivity contribution in [3.63, 3.8) is 0 Å². The number of hydrogen-bond donors (Lipinski definition) is 0. The van der Waals surface area contributed by atoms with Crippen molar-refractivity contribution in [1.82, 2.24) is 9.78 Å². The second-order valence-electron chi connectivity index (χ2n) is 6.31. The first kappa shape index (κ1) is 20.5. The van der Waals surface area contributed by atoms with Gasteiger partial charge in [0.2, 0.25) is 0 Å². The molecular formula is C19H13F4N3O2S. The lowest BCUT2D eigenvalue weighted by Crippen LogP contribution is -2.05. The second-order valence-corrected chi connectivity index (χ2v) is 8.30. The van der Waals surface area contributed by atoms with Gasteiger partial charge in [0.05, 0.1) is 23.0 Å². The average molecular weight is 423 g/mol. The standard InChI is InChI=1S/C19H13F4N3O2S/c1-10-5-12(4-3-11(10)9-24)26-17(8-16(25-26)19(22)23)13-6-15(21)18(7-14(13)20)29(2,27)28/h3-8,19H,1-2H3. The Kier molecular flexibility index (Phi) is 5.19. The van der Waals surface area contributed by atoms with Crippen molar-refractivity contribution in [2.24, 2.45) is 0 Å². The number of halogens is 4. The van der Waals surface area contributed by atoms with Gasteiger partial charge in [-0.1, -0.05) is 0 Å². The third-order valence-corrected chi connectivity index (χ3v) is 5.34. The summed E-state index contributed by atoms with van der Waals surface area (Å²) in [5.41, 5.74) is -0.169. The van der Waals surface area contributed by atoms with Crippen LogP contribution in [0.5, 0.6) is 0 Å². The summed E-state index contributed by atoms with van der Waals surface area (Å²) in [5, 5.41) is 12.8. The maximum Gasteiger partial charge on any atom is 0.282 e. The Morgan fingerprint density at radius 3 is 2.34 bits per heavy atom. The van der Waals surface area contributed by atoms with Gasteiger partial charge < -0.3 is 0 Å². The van der Waals surface area contributed by atoms with Gasteiger partial charge in [-0.15, -0.1) is 0 Å². The normalized spacial score (nSPS) is 11.7. The highest BCUT2D eigenvalue weighted by molar-refractivity contribution is 7.90. The third-order valence-electron chi connectivity index (χ3n) is 4.22. The number of hydrogen-bond acceptors (Lipinski definition) is 4. The maximum absolute atomic E-state index is 14.6. The van der Waals surface area contributed by atoms with Crippen LogP contribution >= 0.6 is 0 Å². The molecule has 10 heteroatoms. The Balaban J connectivity index is 2.27. The summed E-state index contributed by atoms with van der Waals surface area (Å²) in [6.45, 7) is 1.63. The SMILES string of the molecule is Cc1cc(-n2nc(C(F)F)cc2-c2cc(F)c(S(C)(=O)=O)cc2F)ccc1C#N. The van der Waals surface area contributed by atoms with E-state index >= 15 is 0 Å². The van der Waals surface area contributed by atoms with Gasteiger partial charge in [-0.05, 0) is 48.9 Å². The molecule has 0 saturated carbocycles. The first-order chi connectivity index (χ1) is 13.5. The van der Waals surface area contributed by atoms with Crippen LogP contribution in [0.4, 0.5) is 17.6 Å². The van der Waals surface area contributed by atoms with E-state index in [9.17, 15) is 26.0 Å². The molecule has 5 nitrogen and oxygen atoms in total. The summed E-state index contributed by atoms with van der Waals surface area (Å²) in [7, 11) is -4.03. The van der Waals surface area contributed by atoms with E-state index in [2.05, 4.69) is 5.10 Å². The van der Waals surface area contributed by atoms with Crippen molar-refractivity contribution in [3.8, 4) is 23.0 Å². The minimum atomic E-state index is -4.03. The van der Waals surface area contributed by atoms with Gasteiger partial charge in [0.1, 0.15) is 22.2 Å². The van der Waals surface area contributed by atoms with Crippen LogP contribution in [0.1, 0.15) is 23.2 Å². The molecule has 1 heterocycles. The number of aryl methyl sites for hydroxylation is 1. The number of aromatic nitrogens is 2. The summed E-state index contributed by atoms with van der Waals surface area (Å²) in [4.78, 5) is -0.840. The van der Waals surface area contributed by atoms with Crippen molar-refractivity contribution < 1.29 is 26.0 Å². The van der Waals surface area contributed by atoms with Crippen LogP contribution < -0.4 is 0 Å². The summed E-state index contributed by atoms with van der Waals surface area (Å²) >= 11 is 0. The summed E-state index contributed by atoms with van der Waals surface area (Å²) in [6.07, 6.45) is -2.25. The molecule has 0 aliphatic heterocycles. The molecule has 0 radical (unpaired) electrons. The predicted octanol–water partition coefficient (Wildman–Crippen LogP) is 4.34. The molecule has 3 rings (SSSR count). The fourth-order valence-electron chi connectivity index (χ4n) is 2.81. The summed E-state index contributed by atoms with van der Waals surface area (Å²) in [5.74, 6) is -2.33. The van der Waals surface area contributed by atoms with E-state index in [1.54, 1.807) is 6.92 Å². The monoisotopic (exact) mass is 423 g/mol. The molecule has 0 unspecified atom stereocenters. The van der Waals surface area contributed by atoms with Gasteiger partial charge in [0.15, 0.2) is 9.84 Å². The number of sulfone groups is 1. The largest absolute Gasteiger partial charge is 0.282 e. The van der Waals surface area contributed by atoms with E-state index < -0.39 is 44.1 Å². The Hall–Kier alpha value is -3.19. The van der Waals surface area contributed by atoms with E-state index in [1.807, 2.05) is 6.07 Å². The summed E-state index contributed by atoms with van der Waals surface area (Å²) < 4.78 is 79.6. The zero-order valence-corrected chi connectivity index (χ0v) is 15.9. The number of benzene rings is 2. The van der Waals surface area contributed by atoms with Crippen molar-refractivity contribution in [2.75, 3.05) is 6.26 Å². The zero-order valence-electron chi connectivity index (χ0n) is 15.1. The van der Waals surface area contributed by atoms with Crippen LogP contribution in [-0.2, 0) is 9.84 Å². The van der Waals surface area contributed by atoms with Crippen molar-refractivity contribution >= 4 is 9.84 Å². The molecular weight excluding hydrogens is 410 g/mol. The fourth-order valence-corrected chi connectivity index (χ4v) is 3.54. The zero-order chi connectivity index (χ0) is 21.5. The molecule has 0 spiro atoms. The quantitative estimate of drug-likeness (QED) is 0.585. The highest BCUT2D eigenvalue weighted by atomic mass is 32.2. The van der Waals surface area contributed by atoms with Gasteiger partial charge in [-0.25, -0.2) is 30.7 Å². The van der Waals surface area contributed by atoms with Crippen LogP contribution in [0.15, 0.2) is 41.3 Å². The minimum absolute atomic E-state index is 0.194. The smallest absolute Gasteiger partial charge is 0.233 e. The Labute approximate surface area is 163 Å². The molecule has 0 aliphatic carbocycles. The van der Waals surface area contributed by atoms with Crippen LogP contribution in [-0.4, -0.2) is 24.5 Å². The van der Waals surface area contributed by atoms with E-state index in [4.69, 9.17) is 5.26 Å². The van der Waals surface area contributed by atoms with E-state index in [-0.39, 0.29) is 11.4 Å². The highest BCUT2D eigenvalue weighted by Crippen LogP contribution is 2.32. The molecule has 0 fully saturated rings. The Morgan fingerprint density at radius 2 is 1.79 bits per heavy atom. The van der Waals surface area contributed by atoms with Gasteiger partial charge in [-0.3, -0.25) is 0 Å². The average Bonchev–Trinajstić information content (AvgIpc) is 3.07. The number of alkyl halides is 2. The van der Waals surface area contributed by atoms with Gasteiger partial charge in [0.25, 0.3) is 6.43 Å². The summed E-state index contributed by atoms with van der Waals surface area (Å²) in [6, 6.07) is 8.36. The van der Waals surface area contributed by atoms with Crippen LogP contribution in [0.2, 0.25) is 0 Å². The molecule has 0 bridgehead atoms. The van der Waals surface area contributed by atoms with Gasteiger partial charge in [0, 0.05) is 11.8 Å². The molecule has 150 valence electrons. The Morgan fingerprint density at radius 1 is 1.10 bits per heavy atom. The van der Waals surface area contributed by atoms with E-state index in [0.717, 1.165) is 17.0 Å². The van der Waals surface area contributed by atoms with Crippen LogP contribution in [0.3, 0.4) is 0 Å². The van der Waals surface area contributed by atoms with Crippen LogP contribution in [0.25, 0.3) is 16.9 Å². The third kappa shape index (κ3) is 3.86. The van der Waals surface area contributed by atoms with Gasteiger partial charge >= 0.3 is 0 Å². The van der Waals surface area contributed by atoms with Crippen molar-refractivity contribution in [2.45, 2.75) is 18.2 Å². The molecule has 0 amide bonds. The second kappa shape index (κ2) is 7.33. The lowest BCUT2D eigenvalue weighted by atomic mass is 10.1. The van der Waals surface area contributed by atoms with E-state index in [1.165, 1.54) is 18.2 Å². The van der Waals surface area contributed by atoms with Gasteiger partial charge in [-0.2, -0.15) is 10.4 Å². The number of nitriles is 1. The first-order valence-electron chi connectivity index (χ1n) is 8.11. The topological polar surface area (TPSA) is 75.8 Å². The number of rotatable bonds is 4. The molecule has 3 aromatic rings. The molecule has 0 N–H and O–H groups in total. The van der Waals surface area contributed by atoms with E-state index in [0.29, 0.717) is 23.3 Å². The Bertz CT molecular complexity index is 1260. The predicted molar refractivity (Wildman–Crippen MR) is 96.4 cm³/mol. The number of nitrogens with zero attached hydrogens (tertiary/aromatic N) is 3. The molecule has 2 aromatic carbocycles. The molecule has 1 aromatic heterocycles. The maximum atomic E-state index is 14.6. The highest BCUT2D eigenvalue weighted by Gasteiger charge is 2.23. The molecule has 0 atom stereocenters. The first-order valence-corrected chi connectivity index (χ1v) is 10.0. The minimum Gasteiger partial charge on any atom is -0.233 e. The molecule has 0 saturated heterocycles. The van der Waals surface area contributed by atoms with Crippen molar-refractivity contribution in [1.29, 1.82) is 5.26 Å². The van der Waals surface area contributed by atoms with Crippen molar-refractivity contribution in [3.05, 3.63) is 64.9 Å². The molecule has 29 heavy (non-hydrogen) atoms.